The average molecular weight is 343 g/mol. The summed E-state index contributed by atoms with van der Waals surface area (Å²) in [5.41, 5.74) is 0.106. The lowest BCUT2D eigenvalue weighted by molar-refractivity contribution is -0.119. The molecule has 2 rings (SSSR count). The molecule has 1 atom stereocenters. The molecule has 1 N–H and O–H groups in total. The SMILES string of the molecule is CCn1cc(Br)c(=O)c(NC(=O)CC2CCCCO2)c1. The number of hydrogen-bond acceptors (Lipinski definition) is 3. The predicted molar refractivity (Wildman–Crippen MR) is 80.9 cm³/mol. The highest BCUT2D eigenvalue weighted by Gasteiger charge is 2.18. The molecule has 0 radical (unpaired) electrons. The van der Waals surface area contributed by atoms with Crippen LogP contribution in [0, 0.1) is 0 Å². The van der Waals surface area contributed by atoms with Gasteiger partial charge in [-0.05, 0) is 42.1 Å². The van der Waals surface area contributed by atoms with Crippen molar-refractivity contribution in [3.63, 3.8) is 0 Å². The highest BCUT2D eigenvalue weighted by molar-refractivity contribution is 9.10. The number of nitrogens with one attached hydrogen (secondary N) is 1. The van der Waals surface area contributed by atoms with Gasteiger partial charge in [0, 0.05) is 25.5 Å². The first-order valence-electron chi connectivity index (χ1n) is 6.91. The fraction of sp³-hybridized carbons (Fsp3) is 0.571. The lowest BCUT2D eigenvalue weighted by atomic mass is 10.1. The zero-order chi connectivity index (χ0) is 14.5. The van der Waals surface area contributed by atoms with Crippen LogP contribution in [0.25, 0.3) is 0 Å². The summed E-state index contributed by atoms with van der Waals surface area (Å²) < 4.78 is 7.83. The number of rotatable bonds is 4. The third-order valence-electron chi connectivity index (χ3n) is 3.36. The van der Waals surface area contributed by atoms with Crippen molar-refractivity contribution in [3.05, 3.63) is 27.1 Å². The van der Waals surface area contributed by atoms with Gasteiger partial charge in [-0.15, -0.1) is 0 Å². The van der Waals surface area contributed by atoms with Crippen molar-refractivity contribution in [2.45, 2.75) is 45.3 Å². The van der Waals surface area contributed by atoms with E-state index in [0.717, 1.165) is 32.4 Å². The van der Waals surface area contributed by atoms with Crippen LogP contribution in [0.2, 0.25) is 0 Å². The number of aromatic nitrogens is 1. The molecule has 1 amide bonds. The van der Waals surface area contributed by atoms with Crippen LogP contribution in [-0.4, -0.2) is 23.2 Å². The average Bonchev–Trinajstić information content (AvgIpc) is 2.44. The molecular formula is C14H19BrN2O3. The Hall–Kier alpha value is -1.14. The fourth-order valence-electron chi connectivity index (χ4n) is 2.24. The molecule has 20 heavy (non-hydrogen) atoms. The molecule has 110 valence electrons. The molecule has 0 saturated carbocycles. The Labute approximate surface area is 126 Å². The summed E-state index contributed by atoms with van der Waals surface area (Å²) in [6, 6.07) is 0. The number of amides is 1. The molecule has 0 aliphatic carbocycles. The lowest BCUT2D eigenvalue weighted by Crippen LogP contribution is -2.27. The molecule has 2 heterocycles. The molecule has 1 saturated heterocycles. The van der Waals surface area contributed by atoms with Crippen LogP contribution >= 0.6 is 15.9 Å². The van der Waals surface area contributed by atoms with Crippen LogP contribution in [0.15, 0.2) is 21.7 Å². The van der Waals surface area contributed by atoms with Gasteiger partial charge < -0.3 is 14.6 Å². The van der Waals surface area contributed by atoms with Gasteiger partial charge in [-0.3, -0.25) is 9.59 Å². The maximum Gasteiger partial charge on any atom is 0.227 e. The molecule has 6 heteroatoms. The Bertz CT molecular complexity index is 536. The topological polar surface area (TPSA) is 60.3 Å². The first-order valence-corrected chi connectivity index (χ1v) is 7.70. The summed E-state index contributed by atoms with van der Waals surface area (Å²) in [7, 11) is 0. The van der Waals surface area contributed by atoms with Crippen molar-refractivity contribution in [2.75, 3.05) is 11.9 Å². The molecule has 0 aromatic carbocycles. The van der Waals surface area contributed by atoms with Crippen LogP contribution in [0.1, 0.15) is 32.6 Å². The number of anilines is 1. The first kappa shape index (κ1) is 15.3. The largest absolute Gasteiger partial charge is 0.378 e. The second-order valence-corrected chi connectivity index (χ2v) is 5.77. The number of carbonyl (C=O) groups is 1. The Morgan fingerprint density at radius 1 is 1.50 bits per heavy atom. The molecule has 1 aromatic rings. The lowest BCUT2D eigenvalue weighted by Gasteiger charge is -2.21. The molecule has 0 bridgehead atoms. The van der Waals surface area contributed by atoms with E-state index in [1.165, 1.54) is 0 Å². The van der Waals surface area contributed by atoms with Gasteiger partial charge in [0.15, 0.2) is 0 Å². The quantitative estimate of drug-likeness (QED) is 0.914. The molecule has 1 aromatic heterocycles. The van der Waals surface area contributed by atoms with E-state index >= 15 is 0 Å². The van der Waals surface area contributed by atoms with Crippen LogP contribution in [0.4, 0.5) is 5.69 Å². The minimum absolute atomic E-state index is 0.0238. The van der Waals surface area contributed by atoms with Crippen molar-refractivity contribution < 1.29 is 9.53 Å². The predicted octanol–water partition coefficient (Wildman–Crippen LogP) is 2.53. The zero-order valence-electron chi connectivity index (χ0n) is 11.5. The van der Waals surface area contributed by atoms with Crippen molar-refractivity contribution in [1.29, 1.82) is 0 Å². The van der Waals surface area contributed by atoms with Crippen molar-refractivity contribution in [1.82, 2.24) is 4.57 Å². The molecule has 1 fully saturated rings. The summed E-state index contributed by atoms with van der Waals surface area (Å²) in [5.74, 6) is -0.172. The number of nitrogens with zero attached hydrogens (tertiary/aromatic N) is 1. The third-order valence-corrected chi connectivity index (χ3v) is 3.93. The van der Waals surface area contributed by atoms with Crippen molar-refractivity contribution in [3.8, 4) is 0 Å². The number of pyridine rings is 1. The van der Waals surface area contributed by atoms with E-state index in [1.54, 1.807) is 12.4 Å². The maximum atomic E-state index is 12.0. The van der Waals surface area contributed by atoms with Gasteiger partial charge in [-0.1, -0.05) is 0 Å². The standard InChI is InChI=1S/C14H19BrN2O3/c1-2-17-8-11(15)14(19)12(9-17)16-13(18)7-10-5-3-4-6-20-10/h8-10H,2-7H2,1H3,(H,16,18). The normalized spacial score (nSPS) is 18.8. The number of ether oxygens (including phenoxy) is 1. The Balaban J connectivity index is 2.03. The molecule has 0 spiro atoms. The number of halogens is 1. The van der Waals surface area contributed by atoms with E-state index in [0.29, 0.717) is 16.6 Å². The molecule has 1 aliphatic heterocycles. The highest BCUT2D eigenvalue weighted by atomic mass is 79.9. The van der Waals surface area contributed by atoms with Crippen LogP contribution in [0.5, 0.6) is 0 Å². The van der Waals surface area contributed by atoms with Crippen LogP contribution < -0.4 is 10.7 Å². The van der Waals surface area contributed by atoms with Crippen molar-refractivity contribution in [2.24, 2.45) is 0 Å². The summed E-state index contributed by atoms with van der Waals surface area (Å²) >= 11 is 3.22. The molecular weight excluding hydrogens is 324 g/mol. The van der Waals surface area contributed by atoms with Gasteiger partial charge in [0.2, 0.25) is 11.3 Å². The Morgan fingerprint density at radius 3 is 2.95 bits per heavy atom. The summed E-state index contributed by atoms with van der Waals surface area (Å²) in [5, 5.41) is 2.69. The van der Waals surface area contributed by atoms with Gasteiger partial charge in [0.05, 0.1) is 17.0 Å². The zero-order valence-corrected chi connectivity index (χ0v) is 13.1. The summed E-state index contributed by atoms with van der Waals surface area (Å²) in [6.07, 6.45) is 6.71. The number of hydrogen-bond donors (Lipinski definition) is 1. The van der Waals surface area contributed by atoms with E-state index in [2.05, 4.69) is 21.2 Å². The van der Waals surface area contributed by atoms with E-state index in [-0.39, 0.29) is 17.4 Å². The minimum Gasteiger partial charge on any atom is -0.378 e. The summed E-state index contributed by atoms with van der Waals surface area (Å²) in [6.45, 7) is 3.42. The minimum atomic E-state index is -0.201. The Morgan fingerprint density at radius 2 is 2.30 bits per heavy atom. The van der Waals surface area contributed by atoms with Gasteiger partial charge in [-0.25, -0.2) is 0 Å². The second kappa shape index (κ2) is 7.04. The van der Waals surface area contributed by atoms with Gasteiger partial charge >= 0.3 is 0 Å². The van der Waals surface area contributed by atoms with E-state index in [4.69, 9.17) is 4.74 Å². The second-order valence-electron chi connectivity index (χ2n) is 4.92. The monoisotopic (exact) mass is 342 g/mol. The third kappa shape index (κ3) is 3.93. The summed E-state index contributed by atoms with van der Waals surface area (Å²) in [4.78, 5) is 23.9. The van der Waals surface area contributed by atoms with E-state index < -0.39 is 0 Å². The number of aryl methyl sites for hydroxylation is 1. The molecule has 1 unspecified atom stereocenters. The number of carbonyl (C=O) groups excluding carboxylic acids is 1. The van der Waals surface area contributed by atoms with Crippen molar-refractivity contribution >= 4 is 27.5 Å². The van der Waals surface area contributed by atoms with Crippen LogP contribution in [-0.2, 0) is 16.1 Å². The fourth-order valence-corrected chi connectivity index (χ4v) is 2.72. The van der Waals surface area contributed by atoms with E-state index in [9.17, 15) is 9.59 Å². The van der Waals surface area contributed by atoms with Gasteiger partial charge in [0.1, 0.15) is 5.69 Å². The molecule has 5 nitrogen and oxygen atoms in total. The smallest absolute Gasteiger partial charge is 0.227 e. The van der Waals surface area contributed by atoms with E-state index in [1.807, 2.05) is 11.5 Å². The molecule has 1 aliphatic rings. The Kier molecular flexibility index (Phi) is 5.37. The van der Waals surface area contributed by atoms with Gasteiger partial charge in [0.25, 0.3) is 0 Å². The van der Waals surface area contributed by atoms with Crippen LogP contribution in [0.3, 0.4) is 0 Å². The first-order chi connectivity index (χ1) is 9.60. The maximum absolute atomic E-state index is 12.0. The highest BCUT2D eigenvalue weighted by Crippen LogP contribution is 2.16. The van der Waals surface area contributed by atoms with Gasteiger partial charge in [-0.2, -0.15) is 0 Å².